The molecule has 0 bridgehead atoms. The van der Waals surface area contributed by atoms with Crippen molar-refractivity contribution in [3.63, 3.8) is 0 Å². The summed E-state index contributed by atoms with van der Waals surface area (Å²) in [4.78, 5) is 6.74. The first kappa shape index (κ1) is 13.1. The average molecular weight is 186 g/mol. The molecule has 0 unspecified atom stereocenters. The summed E-state index contributed by atoms with van der Waals surface area (Å²) in [6.07, 6.45) is 2.28. The van der Waals surface area contributed by atoms with E-state index in [1.807, 2.05) is 0 Å². The molecule has 0 aliphatic rings. The number of hydrogen-bond acceptors (Lipinski definition) is 2. The molecule has 0 aliphatic heterocycles. The molecule has 0 saturated heterocycles. The van der Waals surface area contributed by atoms with Crippen LogP contribution in [0.5, 0.6) is 0 Å². The van der Waals surface area contributed by atoms with Gasteiger partial charge in [-0.05, 0) is 0 Å². The van der Waals surface area contributed by atoms with E-state index in [0.717, 1.165) is 0 Å². The maximum atomic E-state index is 10.1. The van der Waals surface area contributed by atoms with E-state index in [1.165, 1.54) is 12.2 Å². The number of halogens is 2. The molecule has 0 aliphatic carbocycles. The van der Waals surface area contributed by atoms with Gasteiger partial charge in [-0.1, -0.05) is 12.2 Å². The van der Waals surface area contributed by atoms with E-state index in [9.17, 15) is 8.39 Å². The van der Waals surface area contributed by atoms with E-state index in [1.54, 1.807) is 0 Å². The highest BCUT2D eigenvalue weighted by atomic mass is 31.2. The lowest BCUT2D eigenvalue weighted by Crippen LogP contribution is -1.91. The first-order valence-corrected chi connectivity index (χ1v) is 3.90. The quantitative estimate of drug-likeness (QED) is 0.510. The largest absolute Gasteiger partial charge is 0.549 e. The maximum absolute atomic E-state index is 10.1. The zero-order valence-corrected chi connectivity index (χ0v) is 6.55. The summed E-state index contributed by atoms with van der Waals surface area (Å²) in [7, 11) is -5.64. The third-order valence-corrected chi connectivity index (χ3v) is 0.483. The molecular formula is C5H9F2O3P. The van der Waals surface area contributed by atoms with Crippen LogP contribution in [0, 0.1) is 0 Å². The Hall–Kier alpha value is -0.510. The Kier molecular flexibility index (Phi) is 7.41. The first-order chi connectivity index (χ1) is 4.81. The Morgan fingerprint density at radius 1 is 1.36 bits per heavy atom. The number of aliphatic hydroxyl groups excluding tert-OH is 1. The van der Waals surface area contributed by atoms with Crippen molar-refractivity contribution in [1.29, 1.82) is 0 Å². The van der Waals surface area contributed by atoms with Crippen molar-refractivity contribution < 1.29 is 23.0 Å². The molecule has 0 heterocycles. The lowest BCUT2D eigenvalue weighted by molar-refractivity contribution is 0.272. The van der Waals surface area contributed by atoms with Gasteiger partial charge in [-0.25, -0.2) is 4.57 Å². The van der Waals surface area contributed by atoms with E-state index >= 15 is 0 Å². The molecule has 11 heavy (non-hydrogen) atoms. The molecule has 0 spiro atoms. The fourth-order valence-electron chi connectivity index (χ4n) is 0.0962. The van der Waals surface area contributed by atoms with Gasteiger partial charge in [0.05, 0.1) is 6.10 Å². The summed E-state index contributed by atoms with van der Waals surface area (Å²) in [6.45, 7) is 6.62. The lowest BCUT2D eigenvalue weighted by Gasteiger charge is -1.88. The van der Waals surface area contributed by atoms with Gasteiger partial charge in [0, 0.05) is 0 Å². The van der Waals surface area contributed by atoms with Crippen LogP contribution in [0.25, 0.3) is 0 Å². The van der Waals surface area contributed by atoms with Crippen molar-refractivity contribution >= 4 is 7.99 Å². The molecule has 0 amide bonds. The van der Waals surface area contributed by atoms with E-state index in [0.29, 0.717) is 0 Å². The molecule has 0 fully saturated rings. The van der Waals surface area contributed by atoms with Crippen LogP contribution in [0.2, 0.25) is 0 Å². The normalized spacial score (nSPS) is 9.91. The van der Waals surface area contributed by atoms with Crippen molar-refractivity contribution in [3.05, 3.63) is 25.3 Å². The predicted molar refractivity (Wildman–Crippen MR) is 38.4 cm³/mol. The van der Waals surface area contributed by atoms with Crippen LogP contribution in [0.4, 0.5) is 8.39 Å². The molecular weight excluding hydrogens is 177 g/mol. The van der Waals surface area contributed by atoms with Gasteiger partial charge in [-0.3, -0.25) is 4.89 Å². The first-order valence-electron chi connectivity index (χ1n) is 2.46. The molecule has 0 radical (unpaired) electrons. The van der Waals surface area contributed by atoms with Gasteiger partial charge in [0.2, 0.25) is 0 Å². The minimum atomic E-state index is -5.64. The number of aliphatic hydroxyl groups is 1. The van der Waals surface area contributed by atoms with Crippen molar-refractivity contribution in [1.82, 2.24) is 0 Å². The second-order valence-electron chi connectivity index (χ2n) is 1.40. The molecule has 0 rings (SSSR count). The molecule has 6 heteroatoms. The highest BCUT2D eigenvalue weighted by Gasteiger charge is 2.09. The predicted octanol–water partition coefficient (Wildman–Crippen LogP) is 1.75. The summed E-state index contributed by atoms with van der Waals surface area (Å²) in [5.74, 6) is 0. The Morgan fingerprint density at radius 2 is 1.55 bits per heavy atom. The monoisotopic (exact) mass is 186 g/mol. The molecule has 0 atom stereocenters. The summed E-state index contributed by atoms with van der Waals surface area (Å²) in [5.41, 5.74) is 0. The van der Waals surface area contributed by atoms with Crippen LogP contribution in [0.15, 0.2) is 25.3 Å². The zero-order valence-electron chi connectivity index (χ0n) is 5.65. The summed E-state index contributed by atoms with van der Waals surface area (Å²) in [5, 5.41) is 8.43. The molecule has 66 valence electrons. The highest BCUT2D eigenvalue weighted by molar-refractivity contribution is 7.46. The number of hydrogen-bond donors (Lipinski definition) is 2. The van der Waals surface area contributed by atoms with Crippen LogP contribution in [-0.4, -0.2) is 16.1 Å². The minimum absolute atomic E-state index is 0.537. The smallest absolute Gasteiger partial charge is 0.385 e. The van der Waals surface area contributed by atoms with Gasteiger partial charge in [-0.2, -0.15) is 0 Å². The Balaban J connectivity index is 0. The van der Waals surface area contributed by atoms with E-state index in [4.69, 9.17) is 14.6 Å². The summed E-state index contributed by atoms with van der Waals surface area (Å²) in [6, 6.07) is 0. The van der Waals surface area contributed by atoms with Crippen LogP contribution in [-0.2, 0) is 4.57 Å². The van der Waals surface area contributed by atoms with Gasteiger partial charge < -0.3 is 5.11 Å². The Morgan fingerprint density at radius 3 is 1.55 bits per heavy atom. The number of rotatable bonds is 2. The lowest BCUT2D eigenvalue weighted by atomic mass is 10.4. The third-order valence-electron chi connectivity index (χ3n) is 0.483. The van der Waals surface area contributed by atoms with E-state index in [2.05, 4.69) is 13.2 Å². The van der Waals surface area contributed by atoms with E-state index in [-0.39, 0.29) is 0 Å². The van der Waals surface area contributed by atoms with E-state index < -0.39 is 14.1 Å². The fraction of sp³-hybridized carbons (Fsp3) is 0.200. The van der Waals surface area contributed by atoms with Crippen molar-refractivity contribution in [3.8, 4) is 0 Å². The van der Waals surface area contributed by atoms with Crippen LogP contribution in [0.3, 0.4) is 0 Å². The molecule has 3 nitrogen and oxygen atoms in total. The fourth-order valence-corrected chi connectivity index (χ4v) is 0.0962. The highest BCUT2D eigenvalue weighted by Crippen LogP contribution is 2.43. The average Bonchev–Trinajstić information content (AvgIpc) is 1.83. The van der Waals surface area contributed by atoms with Gasteiger partial charge in [-0.15, -0.1) is 21.6 Å². The molecule has 0 aromatic heterocycles. The second-order valence-corrected chi connectivity index (χ2v) is 2.27. The van der Waals surface area contributed by atoms with Crippen LogP contribution in [0.1, 0.15) is 0 Å². The summed E-state index contributed by atoms with van der Waals surface area (Å²) < 4.78 is 28.7. The summed E-state index contributed by atoms with van der Waals surface area (Å²) >= 11 is 0. The standard InChI is InChI=1S/C5H8O.F2HO2P/c1-3-5(6)4-2;1-5(2,3)4/h3-6H,1-2H2;(H,3,4). The Bertz CT molecular complexity index is 149. The zero-order chi connectivity index (χ0) is 9.49. The van der Waals surface area contributed by atoms with Crippen LogP contribution >= 0.6 is 7.99 Å². The second kappa shape index (κ2) is 6.22. The van der Waals surface area contributed by atoms with Gasteiger partial charge in [0.25, 0.3) is 0 Å². The molecule has 0 aromatic rings. The van der Waals surface area contributed by atoms with Crippen molar-refractivity contribution in [2.45, 2.75) is 6.10 Å². The molecule has 0 aromatic carbocycles. The maximum Gasteiger partial charge on any atom is 0.549 e. The molecule has 2 N–H and O–H groups in total. The van der Waals surface area contributed by atoms with Crippen LogP contribution < -0.4 is 0 Å². The van der Waals surface area contributed by atoms with Gasteiger partial charge in [0.1, 0.15) is 0 Å². The van der Waals surface area contributed by atoms with Crippen molar-refractivity contribution in [2.24, 2.45) is 0 Å². The SMILES string of the molecule is C=CC(O)C=C.O=P(O)(F)F. The van der Waals surface area contributed by atoms with Gasteiger partial charge in [0.15, 0.2) is 0 Å². The topological polar surface area (TPSA) is 57.5 Å². The van der Waals surface area contributed by atoms with Gasteiger partial charge >= 0.3 is 7.99 Å². The molecule has 0 saturated carbocycles. The minimum Gasteiger partial charge on any atom is -0.385 e. The Labute approximate surface area is 63.4 Å². The third kappa shape index (κ3) is 43.7. The van der Waals surface area contributed by atoms with Crippen molar-refractivity contribution in [2.75, 3.05) is 0 Å².